The number of nitrogens with one attached hydrogen (secondary N) is 2. The number of fused-ring (bicyclic) bond motifs is 1. The molecule has 226 valence electrons. The molecule has 0 radical (unpaired) electrons. The van der Waals surface area contributed by atoms with Gasteiger partial charge < -0.3 is 29.9 Å². The molecule has 0 aliphatic carbocycles. The predicted octanol–water partition coefficient (Wildman–Crippen LogP) is 6.07. The number of pyridine rings is 1. The first kappa shape index (κ1) is 30.1. The third-order valence-corrected chi connectivity index (χ3v) is 7.45. The van der Waals surface area contributed by atoms with Gasteiger partial charge in [-0.2, -0.15) is 0 Å². The van der Waals surface area contributed by atoms with Crippen LogP contribution in [0.2, 0.25) is 0 Å². The van der Waals surface area contributed by atoms with E-state index in [1.165, 1.54) is 0 Å². The highest BCUT2D eigenvalue weighted by atomic mass is 16.6. The zero-order valence-electron chi connectivity index (χ0n) is 25.5. The summed E-state index contributed by atoms with van der Waals surface area (Å²) in [6.07, 6.45) is 5.74. The molecule has 4 aromatic rings. The summed E-state index contributed by atoms with van der Waals surface area (Å²) in [7, 11) is 0. The van der Waals surface area contributed by atoms with Crippen LogP contribution in [0.3, 0.4) is 0 Å². The van der Waals surface area contributed by atoms with Gasteiger partial charge in [0.2, 0.25) is 5.95 Å². The Balaban J connectivity index is 1.30. The Hall–Kier alpha value is -4.37. The molecule has 2 aromatic heterocycles. The topological polar surface area (TPSA) is 105 Å². The largest absolute Gasteiger partial charge is 0.506 e. The SMILES string of the molecule is Cc1ccc(O)c(Cn2c(NC3CCN(CCNC(=O)OC(C)(C)C)CC3)nc3ccc(/C=C/c4ccccc4)cc32)n1. The van der Waals surface area contributed by atoms with Crippen molar-refractivity contribution in [3.8, 4) is 5.75 Å². The fourth-order valence-electron chi connectivity index (χ4n) is 5.25. The minimum absolute atomic E-state index is 0.173. The van der Waals surface area contributed by atoms with Crippen LogP contribution in [0.1, 0.15) is 56.1 Å². The number of carbonyl (C=O) groups excluding carboxylic acids is 1. The lowest BCUT2D eigenvalue weighted by Crippen LogP contribution is -2.43. The number of piperidine rings is 1. The number of nitrogens with zero attached hydrogens (tertiary/aromatic N) is 4. The van der Waals surface area contributed by atoms with Crippen LogP contribution in [0.5, 0.6) is 5.75 Å². The lowest BCUT2D eigenvalue weighted by atomic mass is 10.1. The molecule has 0 spiro atoms. The van der Waals surface area contributed by atoms with Crippen molar-refractivity contribution in [3.05, 3.63) is 83.2 Å². The van der Waals surface area contributed by atoms with E-state index >= 15 is 0 Å². The van der Waals surface area contributed by atoms with Gasteiger partial charge in [0.1, 0.15) is 17.0 Å². The molecule has 9 nitrogen and oxygen atoms in total. The van der Waals surface area contributed by atoms with Crippen molar-refractivity contribution < 1.29 is 14.6 Å². The smallest absolute Gasteiger partial charge is 0.407 e. The summed E-state index contributed by atoms with van der Waals surface area (Å²) in [5.74, 6) is 0.943. The summed E-state index contributed by atoms with van der Waals surface area (Å²) < 4.78 is 7.45. The van der Waals surface area contributed by atoms with Crippen molar-refractivity contribution in [2.24, 2.45) is 0 Å². The van der Waals surface area contributed by atoms with E-state index in [9.17, 15) is 9.90 Å². The number of aryl methyl sites for hydroxylation is 1. The summed E-state index contributed by atoms with van der Waals surface area (Å²) in [4.78, 5) is 23.9. The Morgan fingerprint density at radius 1 is 1.02 bits per heavy atom. The standard InChI is InChI=1S/C34H42N6O3/c1-24-10-15-31(41)29(36-24)23-40-30-22-26(12-11-25-8-6-5-7-9-25)13-14-28(30)38-32(40)37-27-16-19-39(20-17-27)21-18-35-33(42)43-34(2,3)4/h5-15,22,27,41H,16-21,23H2,1-4H3,(H,35,42)(H,37,38)/b12-11+. The van der Waals surface area contributed by atoms with E-state index in [4.69, 9.17) is 9.72 Å². The van der Waals surface area contributed by atoms with Crippen molar-refractivity contribution in [1.82, 2.24) is 24.8 Å². The zero-order valence-corrected chi connectivity index (χ0v) is 25.5. The highest BCUT2D eigenvalue weighted by Gasteiger charge is 2.23. The second kappa shape index (κ2) is 13.3. The number of imidazole rings is 1. The molecule has 0 bridgehead atoms. The zero-order chi connectivity index (χ0) is 30.4. The normalized spacial score (nSPS) is 14.8. The quantitative estimate of drug-likeness (QED) is 0.206. The minimum atomic E-state index is -0.501. The van der Waals surface area contributed by atoms with Gasteiger partial charge in [-0.25, -0.2) is 9.78 Å². The van der Waals surface area contributed by atoms with Crippen LogP contribution < -0.4 is 10.6 Å². The molecule has 43 heavy (non-hydrogen) atoms. The molecule has 1 amide bonds. The van der Waals surface area contributed by atoms with Crippen molar-refractivity contribution in [2.75, 3.05) is 31.5 Å². The van der Waals surface area contributed by atoms with E-state index in [1.54, 1.807) is 6.07 Å². The third kappa shape index (κ3) is 8.35. The molecule has 0 saturated carbocycles. The van der Waals surface area contributed by atoms with Gasteiger partial charge in [0, 0.05) is 37.9 Å². The number of hydrogen-bond acceptors (Lipinski definition) is 7. The van der Waals surface area contributed by atoms with E-state index < -0.39 is 5.60 Å². The molecule has 2 aromatic carbocycles. The van der Waals surface area contributed by atoms with Crippen LogP contribution in [0.15, 0.2) is 60.7 Å². The summed E-state index contributed by atoms with van der Waals surface area (Å²) in [5, 5.41) is 17.2. The van der Waals surface area contributed by atoms with Gasteiger partial charge in [0.25, 0.3) is 0 Å². The number of aromatic hydroxyl groups is 1. The average molecular weight is 583 g/mol. The molecule has 5 rings (SSSR count). The fraction of sp³-hybridized carbons (Fsp3) is 0.382. The minimum Gasteiger partial charge on any atom is -0.506 e. The number of likely N-dealkylation sites (tertiary alicyclic amines) is 1. The number of rotatable bonds is 9. The lowest BCUT2D eigenvalue weighted by molar-refractivity contribution is 0.0520. The fourth-order valence-corrected chi connectivity index (χ4v) is 5.25. The van der Waals surface area contributed by atoms with Crippen molar-refractivity contribution in [1.29, 1.82) is 0 Å². The number of benzene rings is 2. The molecule has 9 heteroatoms. The van der Waals surface area contributed by atoms with Gasteiger partial charge in [-0.3, -0.25) is 4.98 Å². The van der Waals surface area contributed by atoms with Gasteiger partial charge in [-0.05, 0) is 75.9 Å². The van der Waals surface area contributed by atoms with Gasteiger partial charge in [0.15, 0.2) is 0 Å². The molecule has 1 saturated heterocycles. The number of alkyl carbamates (subject to hydrolysis) is 1. The maximum atomic E-state index is 12.0. The van der Waals surface area contributed by atoms with Gasteiger partial charge in [0.05, 0.1) is 17.6 Å². The highest BCUT2D eigenvalue weighted by molar-refractivity contribution is 5.83. The summed E-state index contributed by atoms with van der Waals surface area (Å²) >= 11 is 0. The van der Waals surface area contributed by atoms with Crippen LogP contribution in [0.4, 0.5) is 10.7 Å². The average Bonchev–Trinajstić information content (AvgIpc) is 3.30. The van der Waals surface area contributed by atoms with Crippen molar-refractivity contribution >= 4 is 35.2 Å². The Kier molecular flexibility index (Phi) is 9.31. The molecule has 1 aliphatic rings. The number of carbonyl (C=O) groups is 1. The Morgan fingerprint density at radius 3 is 2.51 bits per heavy atom. The second-order valence-electron chi connectivity index (χ2n) is 12.1. The molecular formula is C34H42N6O3. The number of aromatic nitrogens is 3. The Labute approximate surface area is 253 Å². The number of ether oxygens (including phenoxy) is 1. The molecule has 3 N–H and O–H groups in total. The molecular weight excluding hydrogens is 540 g/mol. The van der Waals surface area contributed by atoms with Crippen LogP contribution in [0, 0.1) is 6.92 Å². The first-order valence-electron chi connectivity index (χ1n) is 15.0. The van der Waals surface area contributed by atoms with Crippen LogP contribution in [-0.4, -0.2) is 68.5 Å². The molecule has 0 atom stereocenters. The third-order valence-electron chi connectivity index (χ3n) is 7.45. The van der Waals surface area contributed by atoms with Crippen molar-refractivity contribution in [3.63, 3.8) is 0 Å². The van der Waals surface area contributed by atoms with E-state index in [0.717, 1.165) is 66.3 Å². The maximum Gasteiger partial charge on any atom is 0.407 e. The Morgan fingerprint density at radius 2 is 1.77 bits per heavy atom. The summed E-state index contributed by atoms with van der Waals surface area (Å²) in [5.41, 5.74) is 5.03. The highest BCUT2D eigenvalue weighted by Crippen LogP contribution is 2.27. The number of amides is 1. The first-order chi connectivity index (χ1) is 20.6. The van der Waals surface area contributed by atoms with Crippen LogP contribution >= 0.6 is 0 Å². The summed E-state index contributed by atoms with van der Waals surface area (Å²) in [6, 6.07) is 20.3. The van der Waals surface area contributed by atoms with Gasteiger partial charge >= 0.3 is 6.09 Å². The molecule has 3 heterocycles. The number of hydrogen-bond donors (Lipinski definition) is 3. The predicted molar refractivity (Wildman–Crippen MR) is 172 cm³/mol. The van der Waals surface area contributed by atoms with E-state index in [0.29, 0.717) is 18.8 Å². The summed E-state index contributed by atoms with van der Waals surface area (Å²) in [6.45, 7) is 11.1. The van der Waals surface area contributed by atoms with E-state index in [2.05, 4.69) is 61.5 Å². The van der Waals surface area contributed by atoms with E-state index in [-0.39, 0.29) is 17.9 Å². The maximum absolute atomic E-state index is 12.0. The lowest BCUT2D eigenvalue weighted by Gasteiger charge is -2.32. The molecule has 0 unspecified atom stereocenters. The molecule has 1 fully saturated rings. The number of anilines is 1. The van der Waals surface area contributed by atoms with Crippen LogP contribution in [0.25, 0.3) is 23.2 Å². The first-order valence-corrected chi connectivity index (χ1v) is 15.0. The monoisotopic (exact) mass is 582 g/mol. The van der Waals surface area contributed by atoms with Gasteiger partial charge in [-0.1, -0.05) is 48.6 Å². The van der Waals surface area contributed by atoms with Gasteiger partial charge in [-0.15, -0.1) is 0 Å². The van der Waals surface area contributed by atoms with Crippen LogP contribution in [-0.2, 0) is 11.3 Å². The Bertz CT molecular complexity index is 1570. The molecule has 1 aliphatic heterocycles. The van der Waals surface area contributed by atoms with Crippen molar-refractivity contribution in [2.45, 2.75) is 58.7 Å². The second-order valence-corrected chi connectivity index (χ2v) is 12.1. The van der Waals surface area contributed by atoms with E-state index in [1.807, 2.05) is 58.0 Å².